The van der Waals surface area contributed by atoms with Crippen LogP contribution in [0.4, 0.5) is 10.2 Å². The van der Waals surface area contributed by atoms with E-state index in [0.29, 0.717) is 11.5 Å². The van der Waals surface area contributed by atoms with Gasteiger partial charge in [-0.1, -0.05) is 0 Å². The number of hydrogen-bond donors (Lipinski definition) is 2. The minimum absolute atomic E-state index is 0.101. The first kappa shape index (κ1) is 12.8. The highest BCUT2D eigenvalue weighted by atomic mass is 19.1. The van der Waals surface area contributed by atoms with E-state index in [2.05, 4.69) is 9.97 Å². The van der Waals surface area contributed by atoms with Crippen LogP contribution in [0.1, 0.15) is 16.9 Å². The highest BCUT2D eigenvalue weighted by Gasteiger charge is 2.34. The summed E-state index contributed by atoms with van der Waals surface area (Å²) in [6.45, 7) is -0.0667. The molecule has 20 heavy (non-hydrogen) atoms. The average molecular weight is 280 g/mol. The SMILES string of the molecule is O=C(O)c1cn2ccnc(N3C[C@@H](F)C[C@H]3CO)c2n1. The zero-order valence-electron chi connectivity index (χ0n) is 10.5. The minimum atomic E-state index is -1.14. The lowest BCUT2D eigenvalue weighted by Crippen LogP contribution is -2.33. The fourth-order valence-electron chi connectivity index (χ4n) is 2.50. The Morgan fingerprint density at radius 3 is 3.05 bits per heavy atom. The van der Waals surface area contributed by atoms with Crippen LogP contribution in [0.5, 0.6) is 0 Å². The molecule has 1 fully saturated rings. The molecule has 106 valence electrons. The molecule has 0 radical (unpaired) electrons. The largest absolute Gasteiger partial charge is 0.476 e. The second-order valence-corrected chi connectivity index (χ2v) is 4.73. The van der Waals surface area contributed by atoms with E-state index in [0.717, 1.165) is 0 Å². The molecule has 2 atom stereocenters. The second kappa shape index (κ2) is 4.71. The topological polar surface area (TPSA) is 91.0 Å². The number of halogens is 1. The first-order valence-corrected chi connectivity index (χ1v) is 6.18. The molecule has 0 amide bonds. The van der Waals surface area contributed by atoms with Crippen molar-refractivity contribution >= 4 is 17.4 Å². The molecule has 0 unspecified atom stereocenters. The summed E-state index contributed by atoms with van der Waals surface area (Å²) in [6, 6.07) is -0.367. The van der Waals surface area contributed by atoms with Crippen LogP contribution >= 0.6 is 0 Å². The van der Waals surface area contributed by atoms with Gasteiger partial charge in [-0.05, 0) is 0 Å². The van der Waals surface area contributed by atoms with Crippen molar-refractivity contribution in [1.82, 2.24) is 14.4 Å². The zero-order valence-corrected chi connectivity index (χ0v) is 10.5. The summed E-state index contributed by atoms with van der Waals surface area (Å²) >= 11 is 0. The Kier molecular flexibility index (Phi) is 3.01. The Morgan fingerprint density at radius 1 is 1.55 bits per heavy atom. The van der Waals surface area contributed by atoms with Crippen LogP contribution in [0, 0.1) is 0 Å². The van der Waals surface area contributed by atoms with Crippen LogP contribution in [0.3, 0.4) is 0 Å². The average Bonchev–Trinajstić information content (AvgIpc) is 3.01. The molecule has 1 aliphatic rings. The lowest BCUT2D eigenvalue weighted by atomic mass is 10.2. The summed E-state index contributed by atoms with van der Waals surface area (Å²) in [6.07, 6.45) is 3.64. The molecule has 0 saturated carbocycles. The van der Waals surface area contributed by atoms with E-state index in [9.17, 15) is 14.3 Å². The van der Waals surface area contributed by atoms with Crippen molar-refractivity contribution in [3.63, 3.8) is 0 Å². The summed E-state index contributed by atoms with van der Waals surface area (Å²) in [7, 11) is 0. The number of rotatable bonds is 3. The number of anilines is 1. The summed E-state index contributed by atoms with van der Waals surface area (Å²) in [5, 5.41) is 18.3. The van der Waals surface area contributed by atoms with Gasteiger partial charge in [0, 0.05) is 25.0 Å². The minimum Gasteiger partial charge on any atom is -0.476 e. The molecule has 1 saturated heterocycles. The zero-order chi connectivity index (χ0) is 14.3. The predicted octanol–water partition coefficient (Wildman–Crippen LogP) is 0.337. The molecule has 7 nitrogen and oxygen atoms in total. The molecule has 0 aromatic carbocycles. The molecule has 0 bridgehead atoms. The third-order valence-electron chi connectivity index (χ3n) is 3.42. The van der Waals surface area contributed by atoms with Crippen LogP contribution in [0.25, 0.3) is 5.65 Å². The fraction of sp³-hybridized carbons (Fsp3) is 0.417. The molecule has 0 aliphatic carbocycles. The molecular formula is C12H13FN4O3. The summed E-state index contributed by atoms with van der Waals surface area (Å²) in [4.78, 5) is 20.8. The van der Waals surface area contributed by atoms with E-state index in [1.54, 1.807) is 11.1 Å². The fourth-order valence-corrected chi connectivity index (χ4v) is 2.50. The number of aliphatic hydroxyl groups is 1. The Hall–Kier alpha value is -2.22. The maximum atomic E-state index is 13.5. The maximum Gasteiger partial charge on any atom is 0.356 e. The first-order chi connectivity index (χ1) is 9.60. The molecule has 0 spiro atoms. The van der Waals surface area contributed by atoms with Crippen LogP contribution < -0.4 is 4.90 Å². The predicted molar refractivity (Wildman–Crippen MR) is 67.7 cm³/mol. The van der Waals surface area contributed by atoms with Gasteiger partial charge < -0.3 is 19.5 Å². The number of carboxylic acids is 1. The van der Waals surface area contributed by atoms with Crippen LogP contribution in [0.2, 0.25) is 0 Å². The maximum absolute atomic E-state index is 13.5. The van der Waals surface area contributed by atoms with Crippen LogP contribution in [-0.2, 0) is 0 Å². The molecule has 2 aromatic heterocycles. The lowest BCUT2D eigenvalue weighted by molar-refractivity contribution is 0.0691. The van der Waals surface area contributed by atoms with E-state index in [1.165, 1.54) is 16.8 Å². The quantitative estimate of drug-likeness (QED) is 0.842. The number of imidazole rings is 1. The lowest BCUT2D eigenvalue weighted by Gasteiger charge is -2.23. The number of fused-ring (bicyclic) bond motifs is 1. The highest BCUT2D eigenvalue weighted by Crippen LogP contribution is 2.28. The highest BCUT2D eigenvalue weighted by molar-refractivity contribution is 5.87. The Morgan fingerprint density at radius 2 is 2.35 bits per heavy atom. The number of nitrogens with zero attached hydrogens (tertiary/aromatic N) is 4. The number of alkyl halides is 1. The second-order valence-electron chi connectivity index (χ2n) is 4.73. The van der Waals surface area contributed by atoms with Crippen LogP contribution in [-0.4, -0.2) is 55.9 Å². The van der Waals surface area contributed by atoms with Crippen molar-refractivity contribution in [2.45, 2.75) is 18.6 Å². The Bertz CT molecular complexity index is 659. The van der Waals surface area contributed by atoms with Gasteiger partial charge in [0.05, 0.1) is 19.2 Å². The van der Waals surface area contributed by atoms with Crippen molar-refractivity contribution in [3.05, 3.63) is 24.3 Å². The number of aromatic carboxylic acids is 1. The molecule has 3 heterocycles. The monoisotopic (exact) mass is 280 g/mol. The third-order valence-corrected chi connectivity index (χ3v) is 3.42. The van der Waals surface area contributed by atoms with E-state index in [-0.39, 0.29) is 31.3 Å². The third kappa shape index (κ3) is 1.97. The normalized spacial score (nSPS) is 22.6. The summed E-state index contributed by atoms with van der Waals surface area (Å²) in [5.74, 6) is -0.748. The van der Waals surface area contributed by atoms with E-state index >= 15 is 0 Å². The van der Waals surface area contributed by atoms with Gasteiger partial charge in [0.25, 0.3) is 0 Å². The summed E-state index contributed by atoms with van der Waals surface area (Å²) in [5.41, 5.74) is 0.244. The Balaban J connectivity index is 2.09. The summed E-state index contributed by atoms with van der Waals surface area (Å²) < 4.78 is 15.1. The van der Waals surface area contributed by atoms with E-state index in [1.807, 2.05) is 0 Å². The smallest absolute Gasteiger partial charge is 0.356 e. The Labute approximate surface area is 113 Å². The van der Waals surface area contributed by atoms with Gasteiger partial charge in [-0.2, -0.15) is 0 Å². The van der Waals surface area contributed by atoms with Crippen molar-refractivity contribution in [3.8, 4) is 0 Å². The molecule has 1 aliphatic heterocycles. The van der Waals surface area contributed by atoms with Gasteiger partial charge in [-0.15, -0.1) is 0 Å². The van der Waals surface area contributed by atoms with Crippen molar-refractivity contribution in [2.75, 3.05) is 18.1 Å². The number of carbonyl (C=O) groups is 1. The number of aromatic nitrogens is 3. The van der Waals surface area contributed by atoms with Gasteiger partial charge in [0.15, 0.2) is 17.2 Å². The van der Waals surface area contributed by atoms with Crippen molar-refractivity contribution in [1.29, 1.82) is 0 Å². The van der Waals surface area contributed by atoms with Crippen molar-refractivity contribution < 1.29 is 19.4 Å². The molecule has 2 aromatic rings. The van der Waals surface area contributed by atoms with Gasteiger partial charge in [0.1, 0.15) is 6.17 Å². The molecule has 3 rings (SSSR count). The van der Waals surface area contributed by atoms with Gasteiger partial charge >= 0.3 is 5.97 Å². The molecule has 8 heteroatoms. The number of carboxylic acid groups (broad SMARTS) is 1. The van der Waals surface area contributed by atoms with Gasteiger partial charge in [0.2, 0.25) is 0 Å². The van der Waals surface area contributed by atoms with E-state index < -0.39 is 12.1 Å². The van der Waals surface area contributed by atoms with Crippen molar-refractivity contribution in [2.24, 2.45) is 0 Å². The first-order valence-electron chi connectivity index (χ1n) is 6.18. The molecular weight excluding hydrogens is 267 g/mol. The van der Waals surface area contributed by atoms with Gasteiger partial charge in [-0.3, -0.25) is 0 Å². The molecule has 2 N–H and O–H groups in total. The number of aliphatic hydroxyl groups excluding tert-OH is 1. The van der Waals surface area contributed by atoms with E-state index in [4.69, 9.17) is 5.11 Å². The van der Waals surface area contributed by atoms with Gasteiger partial charge in [-0.25, -0.2) is 19.2 Å². The number of hydrogen-bond acceptors (Lipinski definition) is 5. The standard InChI is InChI=1S/C12H13FN4O3/c13-7-3-8(6-18)17(4-7)10-11-15-9(12(19)20)5-16(11)2-1-14-10/h1-2,5,7-8,18H,3-4,6H2,(H,19,20)/t7-,8-/m0/s1. The van der Waals surface area contributed by atoms with Crippen LogP contribution in [0.15, 0.2) is 18.6 Å².